The summed E-state index contributed by atoms with van der Waals surface area (Å²) in [4.78, 5) is 16.8. The first-order valence-electron chi connectivity index (χ1n) is 8.58. The Bertz CT molecular complexity index is 558. The summed E-state index contributed by atoms with van der Waals surface area (Å²) in [5, 5.41) is 0. The molecule has 2 aliphatic rings. The second-order valence-electron chi connectivity index (χ2n) is 6.70. The zero-order valence-corrected chi connectivity index (χ0v) is 13.4. The van der Waals surface area contributed by atoms with Gasteiger partial charge in [0.1, 0.15) is 11.6 Å². The molecule has 3 rings (SSSR count). The minimum absolute atomic E-state index is 0.0189. The molecule has 0 aliphatic carbocycles. The smallest absolute Gasteiger partial charge is 0.226 e. The standard InChI is InChI=1S/C18H24F2N2O/c19-16-7-6-14(17(20)11-16)12-21-8-4-5-15(13-21)18(23)22-9-2-1-3-10-22/h6-7,11,15H,1-5,8-10,12-13H2. The van der Waals surface area contributed by atoms with Crippen LogP contribution in [0.5, 0.6) is 0 Å². The Hall–Kier alpha value is -1.49. The van der Waals surface area contributed by atoms with Gasteiger partial charge >= 0.3 is 0 Å². The summed E-state index contributed by atoms with van der Waals surface area (Å²) in [6.45, 7) is 3.73. The van der Waals surface area contributed by atoms with Gasteiger partial charge in [-0.25, -0.2) is 8.78 Å². The minimum Gasteiger partial charge on any atom is -0.342 e. The van der Waals surface area contributed by atoms with E-state index in [9.17, 15) is 13.6 Å². The molecule has 5 heteroatoms. The summed E-state index contributed by atoms with van der Waals surface area (Å²) in [7, 11) is 0. The lowest BCUT2D eigenvalue weighted by Crippen LogP contribution is -2.46. The Morgan fingerprint density at radius 3 is 2.61 bits per heavy atom. The molecule has 0 spiro atoms. The molecule has 1 unspecified atom stereocenters. The van der Waals surface area contributed by atoms with Crippen LogP contribution in [-0.4, -0.2) is 41.9 Å². The van der Waals surface area contributed by atoms with E-state index in [-0.39, 0.29) is 11.8 Å². The summed E-state index contributed by atoms with van der Waals surface area (Å²) in [6.07, 6.45) is 5.28. The SMILES string of the molecule is O=C(C1CCCN(Cc2ccc(F)cc2F)C1)N1CCCCC1. The first-order chi connectivity index (χ1) is 11.1. The van der Waals surface area contributed by atoms with E-state index < -0.39 is 11.6 Å². The number of piperidine rings is 2. The highest BCUT2D eigenvalue weighted by molar-refractivity contribution is 5.79. The van der Waals surface area contributed by atoms with Crippen molar-refractivity contribution in [1.29, 1.82) is 0 Å². The summed E-state index contributed by atoms with van der Waals surface area (Å²) < 4.78 is 26.8. The molecule has 0 saturated carbocycles. The molecule has 1 amide bonds. The topological polar surface area (TPSA) is 23.6 Å². The zero-order valence-electron chi connectivity index (χ0n) is 13.4. The zero-order chi connectivity index (χ0) is 16.2. The van der Waals surface area contributed by atoms with Gasteiger partial charge in [0.25, 0.3) is 0 Å². The van der Waals surface area contributed by atoms with E-state index in [2.05, 4.69) is 4.90 Å². The third kappa shape index (κ3) is 4.08. The third-order valence-electron chi connectivity index (χ3n) is 4.93. The Morgan fingerprint density at radius 2 is 1.87 bits per heavy atom. The van der Waals surface area contributed by atoms with Crippen LogP contribution in [0.25, 0.3) is 0 Å². The quantitative estimate of drug-likeness (QED) is 0.853. The largest absolute Gasteiger partial charge is 0.342 e. The van der Waals surface area contributed by atoms with Crippen LogP contribution in [-0.2, 0) is 11.3 Å². The number of likely N-dealkylation sites (tertiary alicyclic amines) is 2. The van der Waals surface area contributed by atoms with Crippen LogP contribution in [0, 0.1) is 17.6 Å². The van der Waals surface area contributed by atoms with Crippen LogP contribution in [0.15, 0.2) is 18.2 Å². The Kier molecular flexibility index (Phi) is 5.26. The lowest BCUT2D eigenvalue weighted by atomic mass is 9.95. The molecule has 1 atom stereocenters. The highest BCUT2D eigenvalue weighted by atomic mass is 19.1. The summed E-state index contributed by atoms with van der Waals surface area (Å²) in [5.74, 6) is -0.781. The van der Waals surface area contributed by atoms with Gasteiger partial charge in [-0.05, 0) is 44.7 Å². The average Bonchev–Trinajstić information content (AvgIpc) is 2.58. The molecule has 23 heavy (non-hydrogen) atoms. The first-order valence-corrected chi connectivity index (χ1v) is 8.58. The second kappa shape index (κ2) is 7.39. The molecule has 2 saturated heterocycles. The number of benzene rings is 1. The van der Waals surface area contributed by atoms with Gasteiger partial charge in [-0.3, -0.25) is 9.69 Å². The Morgan fingerprint density at radius 1 is 1.09 bits per heavy atom. The molecule has 0 bridgehead atoms. The Labute approximate surface area is 136 Å². The van der Waals surface area contributed by atoms with Crippen LogP contribution in [0.2, 0.25) is 0 Å². The van der Waals surface area contributed by atoms with Gasteiger partial charge < -0.3 is 4.90 Å². The van der Waals surface area contributed by atoms with Gasteiger partial charge in [-0.1, -0.05) is 6.07 Å². The Balaban J connectivity index is 1.60. The van der Waals surface area contributed by atoms with E-state index in [1.165, 1.54) is 18.6 Å². The van der Waals surface area contributed by atoms with E-state index in [4.69, 9.17) is 0 Å². The molecule has 0 radical (unpaired) electrons. The van der Waals surface area contributed by atoms with Gasteiger partial charge in [0.2, 0.25) is 5.91 Å². The molecule has 2 aliphatic heterocycles. The molecule has 0 N–H and O–H groups in total. The second-order valence-corrected chi connectivity index (χ2v) is 6.70. The van der Waals surface area contributed by atoms with Crippen molar-refractivity contribution < 1.29 is 13.6 Å². The first kappa shape index (κ1) is 16.4. The predicted molar refractivity (Wildman–Crippen MR) is 84.8 cm³/mol. The molecular weight excluding hydrogens is 298 g/mol. The molecule has 0 aromatic heterocycles. The molecule has 3 nitrogen and oxygen atoms in total. The van der Waals surface area contributed by atoms with Crippen LogP contribution < -0.4 is 0 Å². The number of nitrogens with zero attached hydrogens (tertiary/aromatic N) is 2. The maximum atomic E-state index is 13.8. The number of halogens is 2. The number of hydrogen-bond donors (Lipinski definition) is 0. The molecule has 126 valence electrons. The van der Waals surface area contributed by atoms with Crippen molar-refractivity contribution in [3.63, 3.8) is 0 Å². The van der Waals surface area contributed by atoms with Crippen molar-refractivity contribution in [2.45, 2.75) is 38.6 Å². The van der Waals surface area contributed by atoms with Crippen molar-refractivity contribution >= 4 is 5.91 Å². The number of carbonyl (C=O) groups excluding carboxylic acids is 1. The lowest BCUT2D eigenvalue weighted by molar-refractivity contribution is -0.138. The highest BCUT2D eigenvalue weighted by Gasteiger charge is 2.30. The van der Waals surface area contributed by atoms with Gasteiger partial charge in [-0.15, -0.1) is 0 Å². The molecule has 1 aromatic carbocycles. The van der Waals surface area contributed by atoms with E-state index >= 15 is 0 Å². The van der Waals surface area contributed by atoms with Crippen molar-refractivity contribution in [3.8, 4) is 0 Å². The monoisotopic (exact) mass is 322 g/mol. The fourth-order valence-electron chi connectivity index (χ4n) is 3.66. The van der Waals surface area contributed by atoms with Gasteiger partial charge in [0.05, 0.1) is 5.92 Å². The summed E-state index contributed by atoms with van der Waals surface area (Å²) >= 11 is 0. The number of hydrogen-bond acceptors (Lipinski definition) is 2. The average molecular weight is 322 g/mol. The van der Waals surface area contributed by atoms with Gasteiger partial charge in [0.15, 0.2) is 0 Å². The van der Waals surface area contributed by atoms with Crippen molar-refractivity contribution in [1.82, 2.24) is 9.80 Å². The maximum Gasteiger partial charge on any atom is 0.226 e. The van der Waals surface area contributed by atoms with Crippen LogP contribution in [0.4, 0.5) is 8.78 Å². The molecule has 1 aromatic rings. The molecule has 2 fully saturated rings. The molecule has 2 heterocycles. The molecular formula is C18H24F2N2O. The van der Waals surface area contributed by atoms with Crippen molar-refractivity contribution in [2.24, 2.45) is 5.92 Å². The van der Waals surface area contributed by atoms with Gasteiger partial charge in [0, 0.05) is 37.8 Å². The minimum atomic E-state index is -0.553. The maximum absolute atomic E-state index is 13.8. The van der Waals surface area contributed by atoms with Crippen molar-refractivity contribution in [2.75, 3.05) is 26.2 Å². The number of rotatable bonds is 3. The fourth-order valence-corrected chi connectivity index (χ4v) is 3.66. The number of amides is 1. The summed E-state index contributed by atoms with van der Waals surface area (Å²) in [5.41, 5.74) is 0.498. The van der Waals surface area contributed by atoms with E-state index in [0.717, 1.165) is 51.4 Å². The highest BCUT2D eigenvalue weighted by Crippen LogP contribution is 2.23. The van der Waals surface area contributed by atoms with E-state index in [1.807, 2.05) is 4.90 Å². The van der Waals surface area contributed by atoms with Crippen molar-refractivity contribution in [3.05, 3.63) is 35.4 Å². The van der Waals surface area contributed by atoms with Crippen LogP contribution in [0.1, 0.15) is 37.7 Å². The van der Waals surface area contributed by atoms with Gasteiger partial charge in [-0.2, -0.15) is 0 Å². The third-order valence-corrected chi connectivity index (χ3v) is 4.93. The van der Waals surface area contributed by atoms with Crippen LogP contribution in [0.3, 0.4) is 0 Å². The normalized spacial score (nSPS) is 23.0. The lowest BCUT2D eigenvalue weighted by Gasteiger charge is -2.36. The summed E-state index contributed by atoms with van der Waals surface area (Å²) in [6, 6.07) is 3.72. The van der Waals surface area contributed by atoms with E-state index in [1.54, 1.807) is 0 Å². The predicted octanol–water partition coefficient (Wildman–Crippen LogP) is 3.19. The van der Waals surface area contributed by atoms with Crippen LogP contribution >= 0.6 is 0 Å². The number of carbonyl (C=O) groups is 1. The fraction of sp³-hybridized carbons (Fsp3) is 0.611. The van der Waals surface area contributed by atoms with E-state index in [0.29, 0.717) is 18.7 Å².